The minimum atomic E-state index is -2.13. The third kappa shape index (κ3) is 2.43. The number of para-hydroxylation sites is 1. The van der Waals surface area contributed by atoms with Crippen LogP contribution in [-0.4, -0.2) is 23.1 Å². The van der Waals surface area contributed by atoms with Crippen molar-refractivity contribution in [3.8, 4) is 0 Å². The number of fused-ring (bicyclic) bond motifs is 1. The van der Waals surface area contributed by atoms with Crippen LogP contribution in [0.3, 0.4) is 0 Å². The molecule has 2 aromatic carbocycles. The topological polar surface area (TPSA) is 6.48 Å². The molecule has 146 valence electrons. The molecule has 0 radical (unpaired) electrons. The van der Waals surface area contributed by atoms with Crippen molar-refractivity contribution in [3.05, 3.63) is 77.9 Å². The minimum absolute atomic E-state index is 0.0748. The van der Waals surface area contributed by atoms with Gasteiger partial charge in [-0.3, -0.25) is 4.90 Å². The van der Waals surface area contributed by atoms with Crippen LogP contribution < -0.4 is 4.90 Å². The summed E-state index contributed by atoms with van der Waals surface area (Å²) >= 11 is 0. The van der Waals surface area contributed by atoms with Crippen LogP contribution in [0, 0.1) is 12.8 Å². The molecule has 1 saturated carbocycles. The average molecular weight is 376 g/mol. The maximum atomic E-state index is 8.65. The number of benzene rings is 2. The van der Waals surface area contributed by atoms with Gasteiger partial charge < -0.3 is 4.90 Å². The Bertz CT molecular complexity index is 964. The lowest BCUT2D eigenvalue weighted by molar-refractivity contribution is 0.0596. The van der Waals surface area contributed by atoms with E-state index < -0.39 is 13.0 Å². The highest BCUT2D eigenvalue weighted by Gasteiger charge is 2.57. The molecule has 2 heterocycles. The highest BCUT2D eigenvalue weighted by molar-refractivity contribution is 5.57. The number of aryl methyl sites for hydroxylation is 1. The van der Waals surface area contributed by atoms with Crippen LogP contribution in [-0.2, 0) is 5.54 Å². The SMILES string of the molecule is [2H]C([2H])([2H])C1N(c2ccccc2C)[C@@H](C)C2C=CC(c3ccccc3)(C3CCCC3)N21. The molecule has 2 aromatic rings. The van der Waals surface area contributed by atoms with Crippen molar-refractivity contribution in [2.24, 2.45) is 5.92 Å². The fraction of sp³-hybridized carbons (Fsp3) is 0.462. The lowest BCUT2D eigenvalue weighted by Crippen LogP contribution is -2.52. The molecule has 2 fully saturated rings. The first kappa shape index (κ1) is 14.9. The molecule has 0 spiro atoms. The second-order valence-corrected chi connectivity index (χ2v) is 8.74. The first-order chi connectivity index (χ1) is 14.9. The van der Waals surface area contributed by atoms with Crippen LogP contribution in [0.15, 0.2) is 66.7 Å². The van der Waals surface area contributed by atoms with Crippen molar-refractivity contribution in [3.63, 3.8) is 0 Å². The van der Waals surface area contributed by atoms with E-state index in [1.165, 1.54) is 18.4 Å². The highest BCUT2D eigenvalue weighted by atomic mass is 15.5. The minimum Gasteiger partial charge on any atom is -0.351 e. The summed E-state index contributed by atoms with van der Waals surface area (Å²) < 4.78 is 26.0. The number of hydrogen-bond acceptors (Lipinski definition) is 2. The summed E-state index contributed by atoms with van der Waals surface area (Å²) in [5.41, 5.74) is 3.02. The van der Waals surface area contributed by atoms with Gasteiger partial charge in [0.1, 0.15) is 0 Å². The van der Waals surface area contributed by atoms with E-state index in [9.17, 15) is 0 Å². The Morgan fingerprint density at radius 1 is 1.00 bits per heavy atom. The second kappa shape index (κ2) is 6.77. The van der Waals surface area contributed by atoms with E-state index in [1.54, 1.807) is 0 Å². The summed E-state index contributed by atoms with van der Waals surface area (Å²) in [5, 5.41) is 0. The summed E-state index contributed by atoms with van der Waals surface area (Å²) in [6.07, 6.45) is 8.73. The zero-order valence-corrected chi connectivity index (χ0v) is 16.9. The molecule has 0 amide bonds. The van der Waals surface area contributed by atoms with Gasteiger partial charge in [-0.15, -0.1) is 0 Å². The van der Waals surface area contributed by atoms with Gasteiger partial charge in [-0.05, 0) is 56.7 Å². The van der Waals surface area contributed by atoms with Gasteiger partial charge in [0.2, 0.25) is 0 Å². The smallest absolute Gasteiger partial charge is 0.0811 e. The standard InChI is InChI=1S/C26H32N2/c1-19-11-7-10-16-24(19)27-20(2)25-17-18-26(28(25)21(27)3,23-14-8-9-15-23)22-12-5-4-6-13-22/h4-7,10-13,16-18,20-21,23,25H,8-9,14-15H2,1-3H3/t20-,21?,25?,26?/m0/s1/i3D3. The average Bonchev–Trinajstić information content (AvgIpc) is 3.46. The number of hydrogen-bond donors (Lipinski definition) is 0. The van der Waals surface area contributed by atoms with Gasteiger partial charge >= 0.3 is 0 Å². The molecular weight excluding hydrogens is 340 g/mol. The van der Waals surface area contributed by atoms with Crippen molar-refractivity contribution in [2.45, 2.75) is 70.2 Å². The van der Waals surface area contributed by atoms with E-state index in [0.717, 1.165) is 24.1 Å². The van der Waals surface area contributed by atoms with Gasteiger partial charge in [0.25, 0.3) is 0 Å². The largest absolute Gasteiger partial charge is 0.351 e. The maximum absolute atomic E-state index is 8.65. The highest BCUT2D eigenvalue weighted by Crippen LogP contribution is 2.54. The lowest BCUT2D eigenvalue weighted by Gasteiger charge is -2.46. The summed E-state index contributed by atoms with van der Waals surface area (Å²) in [6.45, 7) is 2.14. The molecule has 1 aliphatic carbocycles. The van der Waals surface area contributed by atoms with Crippen molar-refractivity contribution in [1.82, 2.24) is 4.90 Å². The molecule has 3 aliphatic rings. The Labute approximate surface area is 174 Å². The Morgan fingerprint density at radius 2 is 1.71 bits per heavy atom. The number of nitrogens with zero attached hydrogens (tertiary/aromatic N) is 2. The third-order valence-corrected chi connectivity index (χ3v) is 7.36. The molecule has 0 aromatic heterocycles. The quantitative estimate of drug-likeness (QED) is 0.619. The Morgan fingerprint density at radius 3 is 2.43 bits per heavy atom. The molecule has 2 aliphatic heterocycles. The molecule has 0 N–H and O–H groups in total. The summed E-state index contributed by atoms with van der Waals surface area (Å²) in [6, 6.07) is 19.0. The van der Waals surface area contributed by atoms with Crippen molar-refractivity contribution in [1.29, 1.82) is 0 Å². The molecule has 2 heteroatoms. The molecule has 5 rings (SSSR count). The predicted octanol–water partition coefficient (Wildman–Crippen LogP) is 5.88. The van der Waals surface area contributed by atoms with Crippen LogP contribution in [0.25, 0.3) is 0 Å². The van der Waals surface area contributed by atoms with Crippen molar-refractivity contribution < 1.29 is 4.11 Å². The van der Waals surface area contributed by atoms with Gasteiger partial charge in [-0.25, -0.2) is 0 Å². The molecule has 2 nitrogen and oxygen atoms in total. The zero-order valence-electron chi connectivity index (χ0n) is 19.9. The summed E-state index contributed by atoms with van der Waals surface area (Å²) in [4.78, 5) is 4.55. The molecule has 28 heavy (non-hydrogen) atoms. The normalized spacial score (nSPS) is 35.0. The van der Waals surface area contributed by atoms with E-state index in [4.69, 9.17) is 4.11 Å². The predicted molar refractivity (Wildman–Crippen MR) is 117 cm³/mol. The van der Waals surface area contributed by atoms with Gasteiger partial charge in [0.15, 0.2) is 0 Å². The van der Waals surface area contributed by atoms with Crippen LogP contribution in [0.5, 0.6) is 0 Å². The van der Waals surface area contributed by atoms with Crippen LogP contribution in [0.2, 0.25) is 0 Å². The van der Waals surface area contributed by atoms with E-state index in [1.807, 2.05) is 12.1 Å². The lowest BCUT2D eigenvalue weighted by atomic mass is 9.76. The van der Waals surface area contributed by atoms with Gasteiger partial charge in [0.05, 0.1) is 17.7 Å². The van der Waals surface area contributed by atoms with E-state index >= 15 is 0 Å². The first-order valence-corrected chi connectivity index (χ1v) is 10.7. The van der Waals surface area contributed by atoms with E-state index in [-0.39, 0.29) is 17.6 Å². The third-order valence-electron chi connectivity index (χ3n) is 7.36. The van der Waals surface area contributed by atoms with Crippen LogP contribution in [0.1, 0.15) is 54.7 Å². The fourth-order valence-electron chi connectivity index (χ4n) is 6.05. The maximum Gasteiger partial charge on any atom is 0.0811 e. The van der Waals surface area contributed by atoms with Crippen molar-refractivity contribution in [2.75, 3.05) is 4.90 Å². The molecular formula is C26H32N2. The fourth-order valence-corrected chi connectivity index (χ4v) is 6.05. The second-order valence-electron chi connectivity index (χ2n) is 8.74. The summed E-state index contributed by atoms with van der Waals surface area (Å²) in [7, 11) is 0. The Kier molecular flexibility index (Phi) is 3.60. The zero-order chi connectivity index (χ0) is 21.8. The monoisotopic (exact) mass is 375 g/mol. The Hall–Kier alpha value is -2.06. The first-order valence-electron chi connectivity index (χ1n) is 12.2. The molecule has 1 saturated heterocycles. The number of rotatable bonds is 3. The van der Waals surface area contributed by atoms with Crippen LogP contribution >= 0.6 is 0 Å². The molecule has 4 atom stereocenters. The van der Waals surface area contributed by atoms with E-state index in [0.29, 0.717) is 5.92 Å². The van der Waals surface area contributed by atoms with Crippen LogP contribution in [0.4, 0.5) is 5.69 Å². The van der Waals surface area contributed by atoms with Gasteiger partial charge in [-0.2, -0.15) is 0 Å². The molecule has 0 bridgehead atoms. The Balaban J connectivity index is 1.71. The van der Waals surface area contributed by atoms with E-state index in [2.05, 4.69) is 78.3 Å². The number of anilines is 1. The van der Waals surface area contributed by atoms with Gasteiger partial charge in [-0.1, -0.05) is 73.5 Å². The summed E-state index contributed by atoms with van der Waals surface area (Å²) in [5.74, 6) is 0.435. The van der Waals surface area contributed by atoms with Crippen molar-refractivity contribution >= 4 is 5.69 Å². The molecule has 3 unspecified atom stereocenters. The van der Waals surface area contributed by atoms with Gasteiger partial charge in [0, 0.05) is 15.8 Å².